The van der Waals surface area contributed by atoms with Crippen LogP contribution in [0.1, 0.15) is 39.2 Å². The number of rotatable bonds is 10. The van der Waals surface area contributed by atoms with E-state index >= 15 is 0 Å². The lowest BCUT2D eigenvalue weighted by Gasteiger charge is -2.21. The summed E-state index contributed by atoms with van der Waals surface area (Å²) >= 11 is 0. The van der Waals surface area contributed by atoms with E-state index in [0.717, 1.165) is 44.0 Å². The molecule has 0 saturated heterocycles. The van der Waals surface area contributed by atoms with Gasteiger partial charge in [-0.05, 0) is 45.0 Å². The van der Waals surface area contributed by atoms with E-state index in [1.54, 1.807) is 19.2 Å². The quantitative estimate of drug-likeness (QED) is 0.294. The Bertz CT molecular complexity index is 541. The van der Waals surface area contributed by atoms with Crippen LogP contribution in [0.2, 0.25) is 0 Å². The maximum atomic E-state index is 10.7. The lowest BCUT2D eigenvalue weighted by atomic mass is 10.1. The van der Waals surface area contributed by atoms with Crippen LogP contribution in [0, 0.1) is 10.1 Å². The molecule has 0 amide bonds. The maximum Gasteiger partial charge on any atom is 0.269 e. The fourth-order valence-corrected chi connectivity index (χ4v) is 2.58. The van der Waals surface area contributed by atoms with Crippen LogP contribution in [0.25, 0.3) is 0 Å². The van der Waals surface area contributed by atoms with Crippen molar-refractivity contribution in [3.05, 3.63) is 39.9 Å². The standard InChI is InChI=1S/C18H31N5O2/c1-5-22(6-2)13-7-8-15(3)21-18(19-4)20-14-16-9-11-17(12-10-16)23(24)25/h9-12,15H,5-8,13-14H2,1-4H3,(H2,19,20,21). The molecule has 0 aliphatic heterocycles. The SMILES string of the molecule is CCN(CC)CCCC(C)NC(=NC)NCc1ccc([N+](=O)[O-])cc1. The molecule has 0 aliphatic rings. The van der Waals surface area contributed by atoms with E-state index < -0.39 is 4.92 Å². The van der Waals surface area contributed by atoms with Gasteiger partial charge in [0.05, 0.1) is 4.92 Å². The number of aliphatic imine (C=N–C) groups is 1. The molecule has 2 N–H and O–H groups in total. The summed E-state index contributed by atoms with van der Waals surface area (Å²) in [5, 5.41) is 17.3. The van der Waals surface area contributed by atoms with Gasteiger partial charge in [0.1, 0.15) is 0 Å². The zero-order valence-corrected chi connectivity index (χ0v) is 15.8. The first-order chi connectivity index (χ1) is 12.0. The molecule has 1 aromatic carbocycles. The van der Waals surface area contributed by atoms with Gasteiger partial charge in [-0.15, -0.1) is 0 Å². The Morgan fingerprint density at radius 2 is 1.92 bits per heavy atom. The second-order valence-corrected chi connectivity index (χ2v) is 6.06. The second-order valence-electron chi connectivity index (χ2n) is 6.06. The summed E-state index contributed by atoms with van der Waals surface area (Å²) in [6.45, 7) is 10.4. The highest BCUT2D eigenvalue weighted by Crippen LogP contribution is 2.11. The van der Waals surface area contributed by atoms with Crippen LogP contribution in [-0.4, -0.2) is 48.5 Å². The molecule has 7 heteroatoms. The number of nitrogens with zero attached hydrogens (tertiary/aromatic N) is 3. The lowest BCUT2D eigenvalue weighted by Crippen LogP contribution is -2.42. The Morgan fingerprint density at radius 3 is 2.44 bits per heavy atom. The van der Waals surface area contributed by atoms with Crippen LogP contribution in [0.3, 0.4) is 0 Å². The molecule has 0 heterocycles. The summed E-state index contributed by atoms with van der Waals surface area (Å²) in [5.74, 6) is 0.744. The monoisotopic (exact) mass is 349 g/mol. The summed E-state index contributed by atoms with van der Waals surface area (Å²) in [6.07, 6.45) is 2.23. The normalized spacial score (nSPS) is 12.9. The molecule has 1 aromatic rings. The largest absolute Gasteiger partial charge is 0.354 e. The minimum absolute atomic E-state index is 0.105. The van der Waals surface area contributed by atoms with Crippen molar-refractivity contribution >= 4 is 11.6 Å². The summed E-state index contributed by atoms with van der Waals surface area (Å²) in [4.78, 5) is 16.9. The topological polar surface area (TPSA) is 82.8 Å². The van der Waals surface area contributed by atoms with Crippen LogP contribution in [0.4, 0.5) is 5.69 Å². The Morgan fingerprint density at radius 1 is 1.28 bits per heavy atom. The predicted molar refractivity (Wildman–Crippen MR) is 103 cm³/mol. The van der Waals surface area contributed by atoms with Gasteiger partial charge in [-0.3, -0.25) is 15.1 Å². The van der Waals surface area contributed by atoms with Gasteiger partial charge in [0.15, 0.2) is 5.96 Å². The number of nitro groups is 1. The highest BCUT2D eigenvalue weighted by molar-refractivity contribution is 5.79. The predicted octanol–water partition coefficient (Wildman–Crippen LogP) is 2.77. The average molecular weight is 349 g/mol. The van der Waals surface area contributed by atoms with Crippen molar-refractivity contribution in [1.29, 1.82) is 0 Å². The van der Waals surface area contributed by atoms with E-state index in [4.69, 9.17) is 0 Å². The molecule has 0 spiro atoms. The fourth-order valence-electron chi connectivity index (χ4n) is 2.58. The van der Waals surface area contributed by atoms with E-state index in [-0.39, 0.29) is 5.69 Å². The maximum absolute atomic E-state index is 10.7. The number of benzene rings is 1. The van der Waals surface area contributed by atoms with Gasteiger partial charge in [0, 0.05) is 31.8 Å². The second kappa shape index (κ2) is 11.4. The van der Waals surface area contributed by atoms with Gasteiger partial charge in [0.2, 0.25) is 0 Å². The van der Waals surface area contributed by atoms with Gasteiger partial charge < -0.3 is 15.5 Å². The molecule has 0 aliphatic carbocycles. The Hall–Kier alpha value is -2.15. The molecule has 0 saturated carbocycles. The van der Waals surface area contributed by atoms with Crippen molar-refractivity contribution in [2.24, 2.45) is 4.99 Å². The van der Waals surface area contributed by atoms with Crippen LogP contribution >= 0.6 is 0 Å². The van der Waals surface area contributed by atoms with Crippen LogP contribution < -0.4 is 10.6 Å². The van der Waals surface area contributed by atoms with E-state index in [0.29, 0.717) is 12.6 Å². The zero-order chi connectivity index (χ0) is 18.7. The number of guanidine groups is 1. The summed E-state index contributed by atoms with van der Waals surface area (Å²) in [5.41, 5.74) is 1.08. The van der Waals surface area contributed by atoms with Crippen molar-refractivity contribution in [1.82, 2.24) is 15.5 Å². The van der Waals surface area contributed by atoms with Crippen LogP contribution in [0.15, 0.2) is 29.3 Å². The van der Waals surface area contributed by atoms with Gasteiger partial charge >= 0.3 is 0 Å². The molecule has 1 unspecified atom stereocenters. The summed E-state index contributed by atoms with van der Waals surface area (Å²) in [6, 6.07) is 6.88. The molecule has 0 aromatic heterocycles. The number of hydrogen-bond acceptors (Lipinski definition) is 4. The van der Waals surface area contributed by atoms with Crippen molar-refractivity contribution in [3.63, 3.8) is 0 Å². The number of non-ortho nitro benzene ring substituents is 1. The van der Waals surface area contributed by atoms with E-state index in [9.17, 15) is 10.1 Å². The van der Waals surface area contributed by atoms with Crippen LogP contribution in [0.5, 0.6) is 0 Å². The Kier molecular flexibility index (Phi) is 9.54. The zero-order valence-electron chi connectivity index (χ0n) is 15.8. The highest BCUT2D eigenvalue weighted by Gasteiger charge is 2.08. The van der Waals surface area contributed by atoms with Crippen LogP contribution in [-0.2, 0) is 6.54 Å². The van der Waals surface area contributed by atoms with Crippen molar-refractivity contribution in [3.8, 4) is 0 Å². The Labute approximate surface area is 150 Å². The first-order valence-electron chi connectivity index (χ1n) is 8.93. The Balaban J connectivity index is 2.37. The third-order valence-corrected chi connectivity index (χ3v) is 4.22. The molecular weight excluding hydrogens is 318 g/mol. The minimum Gasteiger partial charge on any atom is -0.354 e. The van der Waals surface area contributed by atoms with Gasteiger partial charge in [-0.2, -0.15) is 0 Å². The van der Waals surface area contributed by atoms with E-state index in [1.807, 2.05) is 0 Å². The molecule has 0 radical (unpaired) electrons. The third kappa shape index (κ3) is 7.98. The highest BCUT2D eigenvalue weighted by atomic mass is 16.6. The minimum atomic E-state index is -0.391. The number of hydrogen-bond donors (Lipinski definition) is 2. The van der Waals surface area contributed by atoms with Gasteiger partial charge in [-0.1, -0.05) is 26.0 Å². The molecule has 25 heavy (non-hydrogen) atoms. The smallest absolute Gasteiger partial charge is 0.269 e. The van der Waals surface area contributed by atoms with Gasteiger partial charge in [-0.25, -0.2) is 0 Å². The van der Waals surface area contributed by atoms with E-state index in [1.165, 1.54) is 12.1 Å². The fraction of sp³-hybridized carbons (Fsp3) is 0.611. The van der Waals surface area contributed by atoms with Gasteiger partial charge in [0.25, 0.3) is 5.69 Å². The lowest BCUT2D eigenvalue weighted by molar-refractivity contribution is -0.384. The summed E-state index contributed by atoms with van der Waals surface area (Å²) < 4.78 is 0. The molecule has 7 nitrogen and oxygen atoms in total. The average Bonchev–Trinajstić information content (AvgIpc) is 2.62. The number of nitro benzene ring substituents is 1. The first-order valence-corrected chi connectivity index (χ1v) is 8.93. The number of nitrogens with one attached hydrogen (secondary N) is 2. The molecular formula is C18H31N5O2. The summed E-state index contributed by atoms with van der Waals surface area (Å²) in [7, 11) is 1.74. The van der Waals surface area contributed by atoms with Crippen molar-refractivity contribution in [2.45, 2.75) is 46.2 Å². The molecule has 1 rings (SSSR count). The molecule has 0 bridgehead atoms. The van der Waals surface area contributed by atoms with Crippen molar-refractivity contribution < 1.29 is 4.92 Å². The molecule has 1 atom stereocenters. The van der Waals surface area contributed by atoms with E-state index in [2.05, 4.69) is 41.3 Å². The first kappa shape index (κ1) is 20.9. The molecule has 140 valence electrons. The third-order valence-electron chi connectivity index (χ3n) is 4.22. The van der Waals surface area contributed by atoms with Crippen molar-refractivity contribution in [2.75, 3.05) is 26.7 Å². The molecule has 0 fully saturated rings.